The Labute approximate surface area is 118 Å². The molecule has 1 aromatic carbocycles. The number of halogens is 1. The average Bonchev–Trinajstić information content (AvgIpc) is 2.24. The fraction of sp³-hybridized carbons (Fsp3) is 0.500. The van der Waals surface area contributed by atoms with E-state index in [1.165, 1.54) is 0 Å². The maximum atomic E-state index is 11.7. The lowest BCUT2D eigenvalue weighted by molar-refractivity contribution is -0.124. The predicted molar refractivity (Wildman–Crippen MR) is 75.5 cm³/mol. The molecule has 0 aliphatic carbocycles. The molecule has 0 aliphatic rings. The Kier molecular flexibility index (Phi) is 5.20. The highest BCUT2D eigenvalue weighted by Gasteiger charge is 2.15. The number of amides is 1. The van der Waals surface area contributed by atoms with Crippen LogP contribution in [0.3, 0.4) is 0 Å². The highest BCUT2D eigenvalue weighted by molar-refractivity contribution is 6.30. The molecule has 0 radical (unpaired) electrons. The first-order valence-corrected chi connectivity index (χ1v) is 6.48. The highest BCUT2D eigenvalue weighted by Crippen LogP contribution is 2.28. The SMILES string of the molecule is C[C@@H](O)c1cc(Cl)ccc1OCC(=O)NC(C)(C)C. The summed E-state index contributed by atoms with van der Waals surface area (Å²) in [5, 5.41) is 13.0. The van der Waals surface area contributed by atoms with Gasteiger partial charge in [0.1, 0.15) is 5.75 Å². The zero-order valence-corrected chi connectivity index (χ0v) is 12.4. The van der Waals surface area contributed by atoms with Crippen molar-refractivity contribution in [1.29, 1.82) is 0 Å². The normalized spacial score (nSPS) is 12.9. The molecule has 1 amide bonds. The third kappa shape index (κ3) is 5.49. The van der Waals surface area contributed by atoms with Gasteiger partial charge in [-0.15, -0.1) is 0 Å². The van der Waals surface area contributed by atoms with Crippen molar-refractivity contribution in [3.63, 3.8) is 0 Å². The van der Waals surface area contributed by atoms with Gasteiger partial charge in [0.2, 0.25) is 0 Å². The monoisotopic (exact) mass is 285 g/mol. The highest BCUT2D eigenvalue weighted by atomic mass is 35.5. The van der Waals surface area contributed by atoms with Crippen molar-refractivity contribution in [2.24, 2.45) is 0 Å². The number of aliphatic hydroxyl groups excluding tert-OH is 1. The molecule has 0 spiro atoms. The number of nitrogens with one attached hydrogen (secondary N) is 1. The summed E-state index contributed by atoms with van der Waals surface area (Å²) in [7, 11) is 0. The molecule has 0 saturated heterocycles. The minimum atomic E-state index is -0.709. The van der Waals surface area contributed by atoms with Gasteiger partial charge in [-0.25, -0.2) is 0 Å². The van der Waals surface area contributed by atoms with Crippen LogP contribution in [0.1, 0.15) is 39.4 Å². The van der Waals surface area contributed by atoms with Crippen molar-refractivity contribution in [2.75, 3.05) is 6.61 Å². The second-order valence-electron chi connectivity index (χ2n) is 5.44. The summed E-state index contributed by atoms with van der Waals surface area (Å²) in [6.45, 7) is 7.21. The lowest BCUT2D eigenvalue weighted by atomic mass is 10.1. The Bertz CT molecular complexity index is 452. The zero-order valence-electron chi connectivity index (χ0n) is 11.7. The van der Waals surface area contributed by atoms with Gasteiger partial charge in [0, 0.05) is 16.1 Å². The number of carbonyl (C=O) groups is 1. The van der Waals surface area contributed by atoms with Gasteiger partial charge in [0.15, 0.2) is 6.61 Å². The van der Waals surface area contributed by atoms with Crippen molar-refractivity contribution in [3.8, 4) is 5.75 Å². The zero-order chi connectivity index (χ0) is 14.6. The van der Waals surface area contributed by atoms with Crippen LogP contribution in [-0.4, -0.2) is 23.2 Å². The van der Waals surface area contributed by atoms with Gasteiger partial charge in [-0.05, 0) is 45.9 Å². The van der Waals surface area contributed by atoms with Crippen LogP contribution in [0.4, 0.5) is 0 Å². The fourth-order valence-corrected chi connectivity index (χ4v) is 1.76. The lowest BCUT2D eigenvalue weighted by Gasteiger charge is -2.21. The van der Waals surface area contributed by atoms with Crippen LogP contribution in [0.5, 0.6) is 5.75 Å². The van der Waals surface area contributed by atoms with E-state index >= 15 is 0 Å². The summed E-state index contributed by atoms with van der Waals surface area (Å²) < 4.78 is 5.43. The van der Waals surface area contributed by atoms with E-state index in [1.54, 1.807) is 25.1 Å². The minimum Gasteiger partial charge on any atom is -0.483 e. The molecule has 2 N–H and O–H groups in total. The second-order valence-corrected chi connectivity index (χ2v) is 5.88. The van der Waals surface area contributed by atoms with Crippen LogP contribution in [0, 0.1) is 0 Å². The van der Waals surface area contributed by atoms with E-state index in [0.29, 0.717) is 16.3 Å². The molecule has 0 heterocycles. The largest absolute Gasteiger partial charge is 0.483 e. The van der Waals surface area contributed by atoms with Crippen molar-refractivity contribution < 1.29 is 14.6 Å². The maximum absolute atomic E-state index is 11.7. The fourth-order valence-electron chi connectivity index (χ4n) is 1.57. The molecule has 0 aliphatic heterocycles. The van der Waals surface area contributed by atoms with Crippen molar-refractivity contribution in [2.45, 2.75) is 39.3 Å². The number of rotatable bonds is 4. The van der Waals surface area contributed by atoms with E-state index in [0.717, 1.165) is 0 Å². The first-order valence-electron chi connectivity index (χ1n) is 6.10. The molecule has 106 valence electrons. The summed E-state index contributed by atoms with van der Waals surface area (Å²) >= 11 is 5.86. The Morgan fingerprint density at radius 3 is 2.63 bits per heavy atom. The summed E-state index contributed by atoms with van der Waals surface area (Å²) in [4.78, 5) is 11.7. The summed E-state index contributed by atoms with van der Waals surface area (Å²) in [6, 6.07) is 4.93. The molecule has 0 saturated carbocycles. The summed E-state index contributed by atoms with van der Waals surface area (Å²) in [5.74, 6) is 0.252. The quantitative estimate of drug-likeness (QED) is 0.894. The molecule has 19 heavy (non-hydrogen) atoms. The molecular weight excluding hydrogens is 266 g/mol. The van der Waals surface area contributed by atoms with Gasteiger partial charge in [-0.3, -0.25) is 4.79 Å². The van der Waals surface area contributed by atoms with E-state index in [2.05, 4.69) is 5.32 Å². The third-order valence-electron chi connectivity index (χ3n) is 2.30. The van der Waals surface area contributed by atoms with E-state index in [4.69, 9.17) is 16.3 Å². The van der Waals surface area contributed by atoms with E-state index in [-0.39, 0.29) is 18.1 Å². The standard InChI is InChI=1S/C14H20ClNO3/c1-9(17)11-7-10(15)5-6-12(11)19-8-13(18)16-14(2,3)4/h5-7,9,17H,8H2,1-4H3,(H,16,18)/t9-/m1/s1. The molecule has 4 nitrogen and oxygen atoms in total. The molecule has 5 heteroatoms. The molecular formula is C14H20ClNO3. The Morgan fingerprint density at radius 2 is 2.11 bits per heavy atom. The van der Waals surface area contributed by atoms with Gasteiger partial charge >= 0.3 is 0 Å². The smallest absolute Gasteiger partial charge is 0.258 e. The molecule has 0 unspecified atom stereocenters. The number of benzene rings is 1. The van der Waals surface area contributed by atoms with Crippen LogP contribution in [-0.2, 0) is 4.79 Å². The maximum Gasteiger partial charge on any atom is 0.258 e. The first kappa shape index (κ1) is 15.8. The van der Waals surface area contributed by atoms with E-state index in [1.807, 2.05) is 20.8 Å². The number of hydrogen-bond acceptors (Lipinski definition) is 3. The molecule has 1 atom stereocenters. The molecule has 0 bridgehead atoms. The molecule has 1 aromatic rings. The van der Waals surface area contributed by atoms with Gasteiger partial charge in [-0.2, -0.15) is 0 Å². The Morgan fingerprint density at radius 1 is 1.47 bits per heavy atom. The van der Waals surface area contributed by atoms with Crippen molar-refractivity contribution in [3.05, 3.63) is 28.8 Å². The Balaban J connectivity index is 2.70. The number of aliphatic hydroxyl groups is 1. The van der Waals surface area contributed by atoms with Crippen molar-refractivity contribution in [1.82, 2.24) is 5.32 Å². The summed E-state index contributed by atoms with van der Waals surface area (Å²) in [5.41, 5.74) is 0.268. The number of carbonyl (C=O) groups excluding carboxylic acids is 1. The molecule has 0 fully saturated rings. The minimum absolute atomic E-state index is 0.0986. The van der Waals surface area contributed by atoms with E-state index < -0.39 is 6.10 Å². The first-order chi connectivity index (χ1) is 8.69. The van der Waals surface area contributed by atoms with Gasteiger partial charge in [0.25, 0.3) is 5.91 Å². The molecule has 0 aromatic heterocycles. The topological polar surface area (TPSA) is 58.6 Å². The summed E-state index contributed by atoms with van der Waals surface area (Å²) in [6.07, 6.45) is -0.709. The third-order valence-corrected chi connectivity index (χ3v) is 2.53. The number of ether oxygens (including phenoxy) is 1. The van der Waals surface area contributed by atoms with Crippen LogP contribution in [0.25, 0.3) is 0 Å². The van der Waals surface area contributed by atoms with Gasteiger partial charge in [-0.1, -0.05) is 11.6 Å². The average molecular weight is 286 g/mol. The van der Waals surface area contributed by atoms with E-state index in [9.17, 15) is 9.90 Å². The van der Waals surface area contributed by atoms with Gasteiger partial charge < -0.3 is 15.2 Å². The predicted octanol–water partition coefficient (Wildman–Crippen LogP) is 2.69. The van der Waals surface area contributed by atoms with Crippen molar-refractivity contribution >= 4 is 17.5 Å². The van der Waals surface area contributed by atoms with Crippen LogP contribution < -0.4 is 10.1 Å². The van der Waals surface area contributed by atoms with Crippen LogP contribution >= 0.6 is 11.6 Å². The van der Waals surface area contributed by atoms with Crippen LogP contribution in [0.2, 0.25) is 5.02 Å². The van der Waals surface area contributed by atoms with Gasteiger partial charge in [0.05, 0.1) is 6.10 Å². The second kappa shape index (κ2) is 6.26. The Hall–Kier alpha value is -1.26. The number of hydrogen-bond donors (Lipinski definition) is 2. The van der Waals surface area contributed by atoms with Crippen LogP contribution in [0.15, 0.2) is 18.2 Å². The molecule has 1 rings (SSSR count). The lowest BCUT2D eigenvalue weighted by Crippen LogP contribution is -2.43.